The summed E-state index contributed by atoms with van der Waals surface area (Å²) in [6.45, 7) is 4.88. The molecule has 0 saturated heterocycles. The van der Waals surface area contributed by atoms with Crippen LogP contribution in [0.3, 0.4) is 0 Å². The molecule has 0 spiro atoms. The summed E-state index contributed by atoms with van der Waals surface area (Å²) in [5.74, 6) is 3.63. The number of hydrogen-bond acceptors (Lipinski definition) is 4. The summed E-state index contributed by atoms with van der Waals surface area (Å²) in [7, 11) is 1.58. The molecule has 0 fully saturated rings. The Morgan fingerprint density at radius 1 is 1.08 bits per heavy atom. The number of rotatable bonds is 2. The van der Waals surface area contributed by atoms with E-state index >= 15 is 0 Å². The third-order valence-corrected chi connectivity index (χ3v) is 5.50. The average Bonchev–Trinajstić information content (AvgIpc) is 3.02. The molecule has 1 heterocycles. The van der Waals surface area contributed by atoms with Crippen LogP contribution >= 0.6 is 0 Å². The average molecular weight is 326 g/mol. The molecular formula is C20H22O4. The Bertz CT molecular complexity index is 783. The van der Waals surface area contributed by atoms with E-state index in [0.29, 0.717) is 24.4 Å². The number of benzene rings is 2. The van der Waals surface area contributed by atoms with Crippen molar-refractivity contribution in [2.24, 2.45) is 11.8 Å². The van der Waals surface area contributed by atoms with E-state index in [4.69, 9.17) is 14.2 Å². The second-order valence-corrected chi connectivity index (χ2v) is 6.85. The molecule has 4 nitrogen and oxygen atoms in total. The van der Waals surface area contributed by atoms with Gasteiger partial charge in [-0.1, -0.05) is 19.9 Å². The fourth-order valence-electron chi connectivity index (χ4n) is 3.98. The van der Waals surface area contributed by atoms with Crippen molar-refractivity contribution in [3.63, 3.8) is 0 Å². The normalized spacial score (nSPS) is 24.5. The van der Waals surface area contributed by atoms with Gasteiger partial charge in [-0.3, -0.25) is 0 Å². The Morgan fingerprint density at radius 3 is 2.58 bits per heavy atom. The van der Waals surface area contributed by atoms with Gasteiger partial charge in [0.1, 0.15) is 0 Å². The molecule has 4 heteroatoms. The first-order valence-corrected chi connectivity index (χ1v) is 8.37. The van der Waals surface area contributed by atoms with Crippen molar-refractivity contribution in [3.05, 3.63) is 47.0 Å². The zero-order valence-corrected chi connectivity index (χ0v) is 14.2. The zero-order chi connectivity index (χ0) is 16.8. The van der Waals surface area contributed by atoms with E-state index in [9.17, 15) is 5.11 Å². The molecule has 3 atom stereocenters. The largest absolute Gasteiger partial charge is 0.504 e. The van der Waals surface area contributed by atoms with Crippen LogP contribution in [0.4, 0.5) is 0 Å². The van der Waals surface area contributed by atoms with Gasteiger partial charge in [0.25, 0.3) is 0 Å². The molecule has 0 saturated carbocycles. The Kier molecular flexibility index (Phi) is 3.56. The number of phenols is 1. The number of ether oxygens (including phenoxy) is 3. The lowest BCUT2D eigenvalue weighted by Crippen LogP contribution is -2.26. The SMILES string of the molecule is COc1cc([C@H]2c3cc4c(cc3C[C@@H](C)[C@@H]2C)OCO4)ccc1O. The van der Waals surface area contributed by atoms with Crippen LogP contribution in [0.2, 0.25) is 0 Å². The molecule has 24 heavy (non-hydrogen) atoms. The fraction of sp³-hybridized carbons (Fsp3) is 0.400. The molecule has 2 aromatic rings. The summed E-state index contributed by atoms with van der Waals surface area (Å²) in [5.41, 5.74) is 3.77. The van der Waals surface area contributed by atoms with Crippen LogP contribution in [0.15, 0.2) is 30.3 Å². The molecule has 2 aromatic carbocycles. The van der Waals surface area contributed by atoms with E-state index in [2.05, 4.69) is 26.0 Å². The maximum absolute atomic E-state index is 9.91. The maximum atomic E-state index is 9.91. The monoisotopic (exact) mass is 326 g/mol. The number of fused-ring (bicyclic) bond motifs is 2. The summed E-state index contributed by atoms with van der Waals surface area (Å²) < 4.78 is 16.4. The van der Waals surface area contributed by atoms with Gasteiger partial charge in [0.2, 0.25) is 6.79 Å². The van der Waals surface area contributed by atoms with Crippen molar-refractivity contribution in [1.82, 2.24) is 0 Å². The lowest BCUT2D eigenvalue weighted by Gasteiger charge is -2.36. The number of phenolic OH excluding ortho intramolecular Hbond substituents is 1. The molecular weight excluding hydrogens is 304 g/mol. The van der Waals surface area contributed by atoms with E-state index < -0.39 is 0 Å². The predicted octanol–water partition coefficient (Wildman–Crippen LogP) is 4.09. The molecule has 2 aliphatic rings. The highest BCUT2D eigenvalue weighted by Gasteiger charge is 2.34. The van der Waals surface area contributed by atoms with Crippen molar-refractivity contribution < 1.29 is 19.3 Å². The molecule has 4 rings (SSSR count). The Labute approximate surface area is 142 Å². The number of aromatic hydroxyl groups is 1. The van der Waals surface area contributed by atoms with Crippen molar-refractivity contribution >= 4 is 0 Å². The van der Waals surface area contributed by atoms with E-state index in [0.717, 1.165) is 23.5 Å². The van der Waals surface area contributed by atoms with Gasteiger partial charge in [-0.15, -0.1) is 0 Å². The Hall–Kier alpha value is -2.36. The third-order valence-electron chi connectivity index (χ3n) is 5.50. The second kappa shape index (κ2) is 5.62. The van der Waals surface area contributed by atoms with E-state index in [1.165, 1.54) is 11.1 Å². The topological polar surface area (TPSA) is 47.9 Å². The van der Waals surface area contributed by atoms with Gasteiger partial charge < -0.3 is 19.3 Å². The van der Waals surface area contributed by atoms with Crippen LogP contribution in [0.25, 0.3) is 0 Å². The highest BCUT2D eigenvalue weighted by molar-refractivity contribution is 5.54. The van der Waals surface area contributed by atoms with Gasteiger partial charge in [0.15, 0.2) is 23.0 Å². The zero-order valence-electron chi connectivity index (χ0n) is 14.2. The van der Waals surface area contributed by atoms with Crippen molar-refractivity contribution in [2.45, 2.75) is 26.2 Å². The number of hydrogen-bond donors (Lipinski definition) is 1. The maximum Gasteiger partial charge on any atom is 0.231 e. The highest BCUT2D eigenvalue weighted by atomic mass is 16.7. The van der Waals surface area contributed by atoms with Crippen LogP contribution in [-0.2, 0) is 6.42 Å². The third kappa shape index (κ3) is 2.29. The van der Waals surface area contributed by atoms with Crippen LogP contribution in [0.1, 0.15) is 36.5 Å². The van der Waals surface area contributed by atoms with Gasteiger partial charge in [0.05, 0.1) is 7.11 Å². The van der Waals surface area contributed by atoms with Crippen LogP contribution < -0.4 is 14.2 Å². The smallest absolute Gasteiger partial charge is 0.231 e. The van der Waals surface area contributed by atoms with Crippen molar-refractivity contribution in [2.75, 3.05) is 13.9 Å². The number of methoxy groups -OCH3 is 1. The summed E-state index contributed by atoms with van der Waals surface area (Å²) in [5, 5.41) is 9.91. The van der Waals surface area contributed by atoms with Crippen LogP contribution in [-0.4, -0.2) is 19.0 Å². The minimum absolute atomic E-state index is 0.170. The van der Waals surface area contributed by atoms with Gasteiger partial charge >= 0.3 is 0 Å². The van der Waals surface area contributed by atoms with Crippen molar-refractivity contribution in [3.8, 4) is 23.0 Å². The minimum Gasteiger partial charge on any atom is -0.504 e. The minimum atomic E-state index is 0.170. The molecule has 0 unspecified atom stereocenters. The molecule has 126 valence electrons. The predicted molar refractivity (Wildman–Crippen MR) is 91.1 cm³/mol. The molecule has 0 radical (unpaired) electrons. The molecule has 1 N–H and O–H groups in total. The van der Waals surface area contributed by atoms with Gasteiger partial charge in [0, 0.05) is 5.92 Å². The highest BCUT2D eigenvalue weighted by Crippen LogP contribution is 2.48. The first kappa shape index (κ1) is 15.2. The van der Waals surface area contributed by atoms with E-state index in [-0.39, 0.29) is 11.7 Å². The van der Waals surface area contributed by atoms with Crippen molar-refractivity contribution in [1.29, 1.82) is 0 Å². The quantitative estimate of drug-likeness (QED) is 0.903. The molecule has 1 aliphatic carbocycles. The first-order valence-electron chi connectivity index (χ1n) is 8.37. The molecule has 1 aliphatic heterocycles. The molecule has 0 aromatic heterocycles. The van der Waals surface area contributed by atoms with Crippen LogP contribution in [0.5, 0.6) is 23.0 Å². The second-order valence-electron chi connectivity index (χ2n) is 6.85. The van der Waals surface area contributed by atoms with Gasteiger partial charge in [-0.25, -0.2) is 0 Å². The lowest BCUT2D eigenvalue weighted by molar-refractivity contribution is 0.174. The molecule has 0 bridgehead atoms. The summed E-state index contributed by atoms with van der Waals surface area (Å²) >= 11 is 0. The van der Waals surface area contributed by atoms with E-state index in [1.54, 1.807) is 13.2 Å². The fourth-order valence-corrected chi connectivity index (χ4v) is 3.98. The van der Waals surface area contributed by atoms with Gasteiger partial charge in [-0.05, 0) is 59.2 Å². The van der Waals surface area contributed by atoms with Gasteiger partial charge in [-0.2, -0.15) is 0 Å². The van der Waals surface area contributed by atoms with E-state index in [1.807, 2.05) is 12.1 Å². The lowest BCUT2D eigenvalue weighted by atomic mass is 9.68. The summed E-state index contributed by atoms with van der Waals surface area (Å²) in [4.78, 5) is 0. The summed E-state index contributed by atoms with van der Waals surface area (Å²) in [6.07, 6.45) is 1.04. The Morgan fingerprint density at radius 2 is 1.83 bits per heavy atom. The first-order chi connectivity index (χ1) is 11.6. The standard InChI is InChI=1S/C20H22O4/c1-11-6-14-8-18-19(24-10-23-18)9-15(14)20(12(11)2)13-4-5-16(21)17(7-13)22-3/h4-5,7-9,11-12,20-21H,6,10H2,1-3H3/t11-,12+,20+/m1/s1. The summed E-state index contributed by atoms with van der Waals surface area (Å²) in [6, 6.07) is 9.91. The molecule has 0 amide bonds. The van der Waals surface area contributed by atoms with Crippen LogP contribution in [0, 0.1) is 11.8 Å². The Balaban J connectivity index is 1.86.